The summed E-state index contributed by atoms with van der Waals surface area (Å²) < 4.78 is 0. The third-order valence-corrected chi connectivity index (χ3v) is 3.67. The van der Waals surface area contributed by atoms with Gasteiger partial charge in [-0.3, -0.25) is 9.78 Å². The first kappa shape index (κ1) is 11.5. The summed E-state index contributed by atoms with van der Waals surface area (Å²) in [5.74, 6) is 1.29. The lowest BCUT2D eigenvalue weighted by Crippen LogP contribution is -2.34. The molecule has 18 heavy (non-hydrogen) atoms. The van der Waals surface area contributed by atoms with Crippen LogP contribution in [-0.4, -0.2) is 34.0 Å². The highest BCUT2D eigenvalue weighted by atomic mass is 16.3. The molecule has 96 valence electrons. The molecule has 0 atom stereocenters. The molecule has 1 aromatic heterocycles. The fourth-order valence-corrected chi connectivity index (χ4v) is 2.20. The number of carbonyl (C=O) groups is 1. The minimum absolute atomic E-state index is 0.0147. The van der Waals surface area contributed by atoms with Crippen LogP contribution in [0, 0.1) is 11.8 Å². The van der Waals surface area contributed by atoms with Crippen LogP contribution in [0.2, 0.25) is 0 Å². The van der Waals surface area contributed by atoms with E-state index in [0.29, 0.717) is 17.4 Å². The second kappa shape index (κ2) is 4.59. The van der Waals surface area contributed by atoms with Crippen LogP contribution in [0.4, 0.5) is 0 Å². The summed E-state index contributed by atoms with van der Waals surface area (Å²) in [5, 5.41) is 9.72. The summed E-state index contributed by atoms with van der Waals surface area (Å²) in [6.45, 7) is 1.69. The van der Waals surface area contributed by atoms with Crippen LogP contribution >= 0.6 is 0 Å². The van der Waals surface area contributed by atoms with Gasteiger partial charge in [0.1, 0.15) is 5.75 Å². The standard InChI is InChI=1S/C14H18N2O2/c17-13-7-15-6-5-12(13)14(18)16(8-10-1-2-10)9-11-3-4-11/h5-7,10-11,17H,1-4,8-9H2. The van der Waals surface area contributed by atoms with Crippen molar-refractivity contribution in [2.45, 2.75) is 25.7 Å². The Morgan fingerprint density at radius 1 is 1.28 bits per heavy atom. The molecule has 0 spiro atoms. The number of hydrogen-bond donors (Lipinski definition) is 1. The van der Waals surface area contributed by atoms with E-state index >= 15 is 0 Å². The maximum absolute atomic E-state index is 12.4. The number of aromatic hydroxyl groups is 1. The highest BCUT2D eigenvalue weighted by molar-refractivity contribution is 5.96. The molecule has 0 aliphatic heterocycles. The molecule has 2 aliphatic carbocycles. The van der Waals surface area contributed by atoms with Crippen molar-refractivity contribution in [2.24, 2.45) is 11.8 Å². The van der Waals surface area contributed by atoms with Crippen molar-refractivity contribution in [1.82, 2.24) is 9.88 Å². The zero-order valence-electron chi connectivity index (χ0n) is 10.4. The molecule has 0 aromatic carbocycles. The Bertz CT molecular complexity index is 439. The number of amides is 1. The van der Waals surface area contributed by atoms with Crippen LogP contribution in [0.15, 0.2) is 18.5 Å². The molecular formula is C14H18N2O2. The second-order valence-corrected chi connectivity index (χ2v) is 5.49. The number of pyridine rings is 1. The lowest BCUT2D eigenvalue weighted by Gasteiger charge is -2.23. The van der Waals surface area contributed by atoms with Crippen LogP contribution in [0.25, 0.3) is 0 Å². The van der Waals surface area contributed by atoms with Crippen LogP contribution in [0.1, 0.15) is 36.0 Å². The fourth-order valence-electron chi connectivity index (χ4n) is 2.20. The number of hydrogen-bond acceptors (Lipinski definition) is 3. The summed E-state index contributed by atoms with van der Waals surface area (Å²) in [4.78, 5) is 18.2. The zero-order valence-corrected chi connectivity index (χ0v) is 10.4. The minimum Gasteiger partial charge on any atom is -0.505 e. The van der Waals surface area contributed by atoms with Gasteiger partial charge in [-0.2, -0.15) is 0 Å². The van der Waals surface area contributed by atoms with Gasteiger partial charge in [0.15, 0.2) is 0 Å². The Morgan fingerprint density at radius 2 is 1.89 bits per heavy atom. The van der Waals surface area contributed by atoms with Crippen LogP contribution < -0.4 is 0 Å². The molecule has 2 saturated carbocycles. The van der Waals surface area contributed by atoms with E-state index < -0.39 is 0 Å². The van der Waals surface area contributed by atoms with E-state index in [2.05, 4.69) is 4.98 Å². The number of aromatic nitrogens is 1. The highest BCUT2D eigenvalue weighted by Gasteiger charge is 2.32. The SMILES string of the molecule is O=C(c1ccncc1O)N(CC1CC1)CC1CC1. The number of nitrogens with zero attached hydrogens (tertiary/aromatic N) is 2. The van der Waals surface area contributed by atoms with E-state index in [-0.39, 0.29) is 11.7 Å². The lowest BCUT2D eigenvalue weighted by atomic mass is 10.2. The molecule has 3 rings (SSSR count). The monoisotopic (exact) mass is 246 g/mol. The summed E-state index contributed by atoms with van der Waals surface area (Å²) in [5.41, 5.74) is 0.381. The van der Waals surface area contributed by atoms with Gasteiger partial charge >= 0.3 is 0 Å². The molecule has 1 heterocycles. The summed E-state index contributed by atoms with van der Waals surface area (Å²) >= 11 is 0. The first-order valence-electron chi connectivity index (χ1n) is 6.66. The smallest absolute Gasteiger partial charge is 0.257 e. The summed E-state index contributed by atoms with van der Waals surface area (Å²) in [6, 6.07) is 1.60. The van der Waals surface area contributed by atoms with Gasteiger partial charge in [0.2, 0.25) is 0 Å². The Kier molecular flexibility index (Phi) is 2.94. The molecule has 0 bridgehead atoms. The number of rotatable bonds is 5. The van der Waals surface area contributed by atoms with Crippen LogP contribution in [0.5, 0.6) is 5.75 Å². The van der Waals surface area contributed by atoms with Crippen molar-refractivity contribution < 1.29 is 9.90 Å². The Morgan fingerprint density at radius 3 is 2.39 bits per heavy atom. The molecule has 2 fully saturated rings. The topological polar surface area (TPSA) is 53.4 Å². The van der Waals surface area contributed by atoms with Crippen molar-refractivity contribution in [3.8, 4) is 5.75 Å². The van der Waals surface area contributed by atoms with Crippen molar-refractivity contribution in [3.05, 3.63) is 24.0 Å². The molecule has 0 saturated heterocycles. The van der Waals surface area contributed by atoms with E-state index in [0.717, 1.165) is 13.1 Å². The molecule has 2 aliphatic rings. The molecular weight excluding hydrogens is 228 g/mol. The fraction of sp³-hybridized carbons (Fsp3) is 0.571. The molecule has 1 aromatic rings. The lowest BCUT2D eigenvalue weighted by molar-refractivity contribution is 0.0736. The van der Waals surface area contributed by atoms with Gasteiger partial charge in [-0.05, 0) is 43.6 Å². The normalized spacial score (nSPS) is 18.7. The largest absolute Gasteiger partial charge is 0.505 e. The average Bonchev–Trinajstić information content (AvgIpc) is 3.23. The third kappa shape index (κ3) is 2.63. The van der Waals surface area contributed by atoms with E-state index in [4.69, 9.17) is 0 Å². The Balaban J connectivity index is 1.75. The van der Waals surface area contributed by atoms with Gasteiger partial charge in [-0.15, -0.1) is 0 Å². The Hall–Kier alpha value is -1.58. The van der Waals surface area contributed by atoms with E-state index in [1.807, 2.05) is 4.90 Å². The van der Waals surface area contributed by atoms with E-state index in [1.54, 1.807) is 12.3 Å². The van der Waals surface area contributed by atoms with Crippen LogP contribution in [-0.2, 0) is 0 Å². The van der Waals surface area contributed by atoms with Gasteiger partial charge in [0.25, 0.3) is 5.91 Å². The van der Waals surface area contributed by atoms with Gasteiger partial charge < -0.3 is 10.0 Å². The second-order valence-electron chi connectivity index (χ2n) is 5.49. The van der Waals surface area contributed by atoms with Crippen molar-refractivity contribution >= 4 is 5.91 Å². The summed E-state index contributed by atoms with van der Waals surface area (Å²) in [6.07, 6.45) is 7.82. The molecule has 0 radical (unpaired) electrons. The van der Waals surface area contributed by atoms with Crippen LogP contribution in [0.3, 0.4) is 0 Å². The van der Waals surface area contributed by atoms with Gasteiger partial charge in [0.05, 0.1) is 11.8 Å². The van der Waals surface area contributed by atoms with Crippen molar-refractivity contribution in [1.29, 1.82) is 0 Å². The van der Waals surface area contributed by atoms with Crippen molar-refractivity contribution in [2.75, 3.05) is 13.1 Å². The predicted octanol–water partition coefficient (Wildman–Crippen LogP) is 2.05. The first-order valence-corrected chi connectivity index (χ1v) is 6.66. The molecule has 0 unspecified atom stereocenters. The molecule has 1 amide bonds. The van der Waals surface area contributed by atoms with E-state index in [1.165, 1.54) is 31.9 Å². The molecule has 4 heteroatoms. The van der Waals surface area contributed by atoms with E-state index in [9.17, 15) is 9.90 Å². The van der Waals surface area contributed by atoms with Gasteiger partial charge in [-0.1, -0.05) is 0 Å². The quantitative estimate of drug-likeness (QED) is 0.865. The maximum Gasteiger partial charge on any atom is 0.257 e. The predicted molar refractivity (Wildman–Crippen MR) is 67.3 cm³/mol. The first-order chi connectivity index (χ1) is 8.74. The molecule has 4 nitrogen and oxygen atoms in total. The van der Waals surface area contributed by atoms with Gasteiger partial charge in [0, 0.05) is 19.3 Å². The highest BCUT2D eigenvalue weighted by Crippen LogP contribution is 2.34. The summed E-state index contributed by atoms with van der Waals surface area (Å²) in [7, 11) is 0. The molecule has 1 N–H and O–H groups in total. The van der Waals surface area contributed by atoms with Gasteiger partial charge in [-0.25, -0.2) is 0 Å². The Labute approximate surface area is 107 Å². The third-order valence-electron chi connectivity index (χ3n) is 3.67. The zero-order chi connectivity index (χ0) is 12.5. The number of carbonyl (C=O) groups excluding carboxylic acids is 1. The van der Waals surface area contributed by atoms with Crippen molar-refractivity contribution in [3.63, 3.8) is 0 Å². The maximum atomic E-state index is 12.4. The minimum atomic E-state index is -0.0475. The average molecular weight is 246 g/mol.